The summed E-state index contributed by atoms with van der Waals surface area (Å²) in [6.45, 7) is 2.65. The van der Waals surface area contributed by atoms with E-state index in [-0.39, 0.29) is 17.7 Å². The monoisotopic (exact) mass is 424 g/mol. The molecule has 1 saturated heterocycles. The summed E-state index contributed by atoms with van der Waals surface area (Å²) in [5, 5.41) is 7.44. The van der Waals surface area contributed by atoms with Crippen LogP contribution in [-0.4, -0.2) is 39.9 Å². The largest absolute Gasteiger partial charge is 0.339 e. The van der Waals surface area contributed by atoms with Crippen LogP contribution in [0.3, 0.4) is 0 Å². The molecular weight excluding hydrogens is 404 g/mol. The van der Waals surface area contributed by atoms with E-state index in [0.717, 1.165) is 18.4 Å². The molecule has 8 heteroatoms. The quantitative estimate of drug-likeness (QED) is 0.671. The summed E-state index contributed by atoms with van der Waals surface area (Å²) in [4.78, 5) is 30.4. The molecule has 30 heavy (non-hydrogen) atoms. The van der Waals surface area contributed by atoms with Crippen molar-refractivity contribution in [2.75, 3.05) is 18.4 Å². The predicted octanol–water partition coefficient (Wildman–Crippen LogP) is 4.37. The van der Waals surface area contributed by atoms with Crippen LogP contribution >= 0.6 is 11.6 Å². The Morgan fingerprint density at radius 1 is 1.13 bits per heavy atom. The second-order valence-corrected chi connectivity index (χ2v) is 7.73. The highest BCUT2D eigenvalue weighted by atomic mass is 35.5. The molecule has 1 fully saturated rings. The number of rotatable bonds is 4. The van der Waals surface area contributed by atoms with Gasteiger partial charge in [0.05, 0.1) is 0 Å². The highest BCUT2D eigenvalue weighted by Crippen LogP contribution is 2.29. The summed E-state index contributed by atoms with van der Waals surface area (Å²) in [5.41, 5.74) is 2.02. The summed E-state index contributed by atoms with van der Waals surface area (Å²) in [6.07, 6.45) is 1.50. The molecule has 0 bridgehead atoms. The Kier molecular flexibility index (Phi) is 5.81. The van der Waals surface area contributed by atoms with Crippen molar-refractivity contribution in [3.63, 3.8) is 0 Å². The topological polar surface area (TPSA) is 88.3 Å². The number of anilines is 1. The number of halogens is 1. The maximum Gasteiger partial charge on any atom is 0.253 e. The molecule has 2 aromatic carbocycles. The van der Waals surface area contributed by atoms with Gasteiger partial charge in [0, 0.05) is 47.8 Å². The lowest BCUT2D eigenvalue weighted by molar-refractivity contribution is -0.114. The molecule has 1 N–H and O–H groups in total. The Bertz CT molecular complexity index is 1060. The van der Waals surface area contributed by atoms with E-state index in [9.17, 15) is 9.59 Å². The molecular formula is C22H21ClN4O3. The number of aromatic nitrogens is 2. The Labute approximate surface area is 179 Å². The van der Waals surface area contributed by atoms with Crippen LogP contribution in [-0.2, 0) is 4.79 Å². The van der Waals surface area contributed by atoms with Crippen LogP contribution in [0.4, 0.5) is 5.69 Å². The first kappa shape index (κ1) is 20.1. The molecule has 2 amide bonds. The van der Waals surface area contributed by atoms with E-state index in [0.29, 0.717) is 41.1 Å². The average molecular weight is 425 g/mol. The van der Waals surface area contributed by atoms with Crippen molar-refractivity contribution in [3.8, 4) is 11.4 Å². The molecule has 2 heterocycles. The molecule has 0 saturated carbocycles. The highest BCUT2D eigenvalue weighted by Gasteiger charge is 2.28. The zero-order valence-electron chi connectivity index (χ0n) is 16.5. The van der Waals surface area contributed by atoms with E-state index in [1.165, 1.54) is 6.92 Å². The van der Waals surface area contributed by atoms with Gasteiger partial charge < -0.3 is 14.7 Å². The number of amides is 2. The van der Waals surface area contributed by atoms with Gasteiger partial charge in [-0.15, -0.1) is 0 Å². The van der Waals surface area contributed by atoms with E-state index in [2.05, 4.69) is 15.5 Å². The number of hydrogen-bond acceptors (Lipinski definition) is 5. The second kappa shape index (κ2) is 8.67. The molecule has 1 aliphatic rings. The van der Waals surface area contributed by atoms with Gasteiger partial charge in [-0.25, -0.2) is 0 Å². The van der Waals surface area contributed by atoms with Gasteiger partial charge in [0.15, 0.2) is 0 Å². The maximum atomic E-state index is 12.8. The Morgan fingerprint density at radius 3 is 2.57 bits per heavy atom. The van der Waals surface area contributed by atoms with Crippen molar-refractivity contribution in [3.05, 3.63) is 65.0 Å². The van der Waals surface area contributed by atoms with Crippen LogP contribution in [0.25, 0.3) is 11.4 Å². The Hall–Kier alpha value is -3.19. The minimum absolute atomic E-state index is 0.0481. The molecule has 0 spiro atoms. The number of benzene rings is 2. The van der Waals surface area contributed by atoms with Crippen LogP contribution in [0.5, 0.6) is 0 Å². The van der Waals surface area contributed by atoms with Crippen molar-refractivity contribution in [2.24, 2.45) is 0 Å². The van der Waals surface area contributed by atoms with Gasteiger partial charge in [-0.05, 0) is 55.3 Å². The summed E-state index contributed by atoms with van der Waals surface area (Å²) >= 11 is 5.93. The van der Waals surface area contributed by atoms with E-state index in [1.807, 2.05) is 17.0 Å². The standard InChI is InChI=1S/C22H21ClN4O3/c1-14(28)24-19-4-2-3-17(13-19)22(29)27-11-9-16(10-12-27)21-25-20(26-30-21)15-5-7-18(23)8-6-15/h2-8,13,16H,9-12H2,1H3,(H,24,28). The second-order valence-electron chi connectivity index (χ2n) is 7.29. The van der Waals surface area contributed by atoms with E-state index < -0.39 is 0 Å². The highest BCUT2D eigenvalue weighted by molar-refractivity contribution is 6.30. The number of hydrogen-bond donors (Lipinski definition) is 1. The SMILES string of the molecule is CC(=O)Nc1cccc(C(=O)N2CCC(c3nc(-c4ccc(Cl)cc4)no3)CC2)c1. The minimum Gasteiger partial charge on any atom is -0.339 e. The third-order valence-electron chi connectivity index (χ3n) is 5.11. The number of carbonyl (C=O) groups excluding carboxylic acids is 2. The maximum absolute atomic E-state index is 12.8. The van der Waals surface area contributed by atoms with Crippen molar-refractivity contribution >= 4 is 29.1 Å². The zero-order chi connectivity index (χ0) is 21.1. The smallest absolute Gasteiger partial charge is 0.253 e. The molecule has 3 aromatic rings. The van der Waals surface area contributed by atoms with Crippen LogP contribution < -0.4 is 5.32 Å². The van der Waals surface area contributed by atoms with E-state index in [4.69, 9.17) is 16.1 Å². The number of nitrogens with one attached hydrogen (secondary N) is 1. The minimum atomic E-state index is -0.169. The van der Waals surface area contributed by atoms with Crippen LogP contribution in [0.2, 0.25) is 5.02 Å². The molecule has 1 aromatic heterocycles. The average Bonchev–Trinajstić information content (AvgIpc) is 3.24. The van der Waals surface area contributed by atoms with Gasteiger partial charge in [0.1, 0.15) is 0 Å². The molecule has 4 rings (SSSR count). The fraction of sp³-hybridized carbons (Fsp3) is 0.273. The first-order valence-corrected chi connectivity index (χ1v) is 10.1. The fourth-order valence-corrected chi connectivity index (χ4v) is 3.69. The molecule has 0 atom stereocenters. The van der Waals surface area contributed by atoms with Crippen LogP contribution in [0.1, 0.15) is 41.9 Å². The normalized spacial score (nSPS) is 14.5. The van der Waals surface area contributed by atoms with Crippen molar-refractivity contribution in [1.82, 2.24) is 15.0 Å². The van der Waals surface area contributed by atoms with Crippen molar-refractivity contribution in [1.29, 1.82) is 0 Å². The summed E-state index contributed by atoms with van der Waals surface area (Å²) in [7, 11) is 0. The third-order valence-corrected chi connectivity index (χ3v) is 5.36. The van der Waals surface area contributed by atoms with E-state index in [1.54, 1.807) is 36.4 Å². The molecule has 0 aliphatic carbocycles. The third kappa shape index (κ3) is 4.52. The first-order chi connectivity index (χ1) is 14.5. The summed E-state index contributed by atoms with van der Waals surface area (Å²) in [5.74, 6) is 1.04. The zero-order valence-corrected chi connectivity index (χ0v) is 17.2. The van der Waals surface area contributed by atoms with Crippen molar-refractivity contribution < 1.29 is 14.1 Å². The van der Waals surface area contributed by atoms with Gasteiger partial charge in [0.25, 0.3) is 5.91 Å². The molecule has 0 unspecified atom stereocenters. The Balaban J connectivity index is 1.39. The van der Waals surface area contributed by atoms with Crippen LogP contribution in [0.15, 0.2) is 53.1 Å². The lowest BCUT2D eigenvalue weighted by atomic mass is 9.96. The van der Waals surface area contributed by atoms with Gasteiger partial charge in [0.2, 0.25) is 17.6 Å². The lowest BCUT2D eigenvalue weighted by Crippen LogP contribution is -2.38. The summed E-state index contributed by atoms with van der Waals surface area (Å²) < 4.78 is 5.48. The lowest BCUT2D eigenvalue weighted by Gasteiger charge is -2.30. The fourth-order valence-electron chi connectivity index (χ4n) is 3.56. The van der Waals surface area contributed by atoms with Gasteiger partial charge >= 0.3 is 0 Å². The number of likely N-dealkylation sites (tertiary alicyclic amines) is 1. The van der Waals surface area contributed by atoms with Crippen molar-refractivity contribution in [2.45, 2.75) is 25.7 Å². The first-order valence-electron chi connectivity index (χ1n) is 9.76. The number of piperidine rings is 1. The number of nitrogens with zero attached hydrogens (tertiary/aromatic N) is 3. The van der Waals surface area contributed by atoms with Gasteiger partial charge in [-0.3, -0.25) is 9.59 Å². The van der Waals surface area contributed by atoms with Gasteiger partial charge in [-0.2, -0.15) is 4.98 Å². The molecule has 0 radical (unpaired) electrons. The Morgan fingerprint density at radius 2 is 1.87 bits per heavy atom. The molecule has 7 nitrogen and oxygen atoms in total. The van der Waals surface area contributed by atoms with E-state index >= 15 is 0 Å². The number of carbonyl (C=O) groups is 2. The summed E-state index contributed by atoms with van der Waals surface area (Å²) in [6, 6.07) is 14.3. The molecule has 1 aliphatic heterocycles. The molecule has 154 valence electrons. The predicted molar refractivity (Wildman–Crippen MR) is 113 cm³/mol. The van der Waals surface area contributed by atoms with Gasteiger partial charge in [-0.1, -0.05) is 22.8 Å². The van der Waals surface area contributed by atoms with Crippen LogP contribution in [0, 0.1) is 0 Å².